The van der Waals surface area contributed by atoms with E-state index in [4.69, 9.17) is 0 Å². The second-order valence-electron chi connectivity index (χ2n) is 7.50. The highest BCUT2D eigenvalue weighted by molar-refractivity contribution is 8.00. The molecular weight excluding hydrogens is 378 g/mol. The summed E-state index contributed by atoms with van der Waals surface area (Å²) in [6.07, 6.45) is 4.87. The molecule has 3 rings (SSSR count). The molecule has 1 aromatic carbocycles. The van der Waals surface area contributed by atoms with Gasteiger partial charge in [0.25, 0.3) is 5.69 Å². The molecule has 2 heterocycles. The summed E-state index contributed by atoms with van der Waals surface area (Å²) in [6.45, 7) is 4.85. The zero-order chi connectivity index (χ0) is 20.1. The fourth-order valence-electron chi connectivity index (χ4n) is 3.88. The van der Waals surface area contributed by atoms with E-state index in [0.717, 1.165) is 43.7 Å². The van der Waals surface area contributed by atoms with Crippen molar-refractivity contribution in [3.63, 3.8) is 0 Å². The van der Waals surface area contributed by atoms with Crippen LogP contribution in [0.5, 0.6) is 0 Å². The Hall–Kier alpha value is -2.09. The quantitative estimate of drug-likeness (QED) is 0.426. The van der Waals surface area contributed by atoms with Crippen molar-refractivity contribution >= 4 is 29.3 Å². The highest BCUT2D eigenvalue weighted by Crippen LogP contribution is 2.28. The van der Waals surface area contributed by atoms with Gasteiger partial charge < -0.3 is 9.80 Å². The molecular formula is C20H27N3O4S. The van der Waals surface area contributed by atoms with Crippen LogP contribution in [0.2, 0.25) is 0 Å². The van der Waals surface area contributed by atoms with Gasteiger partial charge in [-0.05, 0) is 51.2 Å². The zero-order valence-electron chi connectivity index (χ0n) is 16.2. The molecule has 0 bridgehead atoms. The van der Waals surface area contributed by atoms with Gasteiger partial charge in [-0.3, -0.25) is 19.7 Å². The predicted octanol–water partition coefficient (Wildman–Crippen LogP) is 3.33. The molecule has 2 amide bonds. The van der Waals surface area contributed by atoms with Crippen molar-refractivity contribution in [2.45, 2.75) is 49.2 Å². The van der Waals surface area contributed by atoms with Crippen LogP contribution in [-0.2, 0) is 9.59 Å². The molecule has 0 aliphatic carbocycles. The SMILES string of the molecule is C[C@@H](Sc1ccc([N+](=O)[O-])cc1)C(=O)N1CCC(C(=O)N2CCCCC2)CC1. The molecule has 0 unspecified atom stereocenters. The summed E-state index contributed by atoms with van der Waals surface area (Å²) in [5.41, 5.74) is 0.0452. The summed E-state index contributed by atoms with van der Waals surface area (Å²) in [5.74, 6) is 0.368. The number of thioether (sulfide) groups is 1. The number of piperidine rings is 2. The standard InChI is InChI=1S/C20H27N3O4S/c1-15(28-18-7-5-17(6-8-18)23(26)27)19(24)22-13-9-16(10-14-22)20(25)21-11-3-2-4-12-21/h5-8,15-16H,2-4,9-14H2,1H3/t15-/m1/s1. The van der Waals surface area contributed by atoms with E-state index in [1.54, 1.807) is 12.1 Å². The first-order valence-electron chi connectivity index (χ1n) is 9.94. The second kappa shape index (κ2) is 9.41. The van der Waals surface area contributed by atoms with Crippen LogP contribution < -0.4 is 0 Å². The molecule has 1 atom stereocenters. The Morgan fingerprint density at radius 2 is 1.64 bits per heavy atom. The summed E-state index contributed by atoms with van der Waals surface area (Å²) in [5, 5.41) is 10.5. The van der Waals surface area contributed by atoms with Crippen LogP contribution in [0.25, 0.3) is 0 Å². The van der Waals surface area contributed by atoms with Crippen molar-refractivity contribution in [3.05, 3.63) is 34.4 Å². The van der Waals surface area contributed by atoms with Crippen molar-refractivity contribution in [2.75, 3.05) is 26.2 Å². The lowest BCUT2D eigenvalue weighted by atomic mass is 9.94. The molecule has 2 fully saturated rings. The Balaban J connectivity index is 1.48. The average molecular weight is 406 g/mol. The van der Waals surface area contributed by atoms with Gasteiger partial charge in [0, 0.05) is 49.1 Å². The van der Waals surface area contributed by atoms with Gasteiger partial charge in [-0.15, -0.1) is 11.8 Å². The average Bonchev–Trinajstić information content (AvgIpc) is 2.73. The van der Waals surface area contributed by atoms with Gasteiger partial charge in [-0.25, -0.2) is 0 Å². The van der Waals surface area contributed by atoms with Crippen LogP contribution in [0.3, 0.4) is 0 Å². The molecule has 7 nitrogen and oxygen atoms in total. The van der Waals surface area contributed by atoms with E-state index in [-0.39, 0.29) is 28.7 Å². The van der Waals surface area contributed by atoms with Gasteiger partial charge in [0.05, 0.1) is 10.2 Å². The van der Waals surface area contributed by atoms with E-state index in [0.29, 0.717) is 13.1 Å². The zero-order valence-corrected chi connectivity index (χ0v) is 17.0. The van der Waals surface area contributed by atoms with Gasteiger partial charge in [0.15, 0.2) is 0 Å². The predicted molar refractivity (Wildman–Crippen MR) is 108 cm³/mol. The van der Waals surface area contributed by atoms with Crippen molar-refractivity contribution in [1.82, 2.24) is 9.80 Å². The molecule has 152 valence electrons. The van der Waals surface area contributed by atoms with Gasteiger partial charge in [-0.2, -0.15) is 0 Å². The number of hydrogen-bond acceptors (Lipinski definition) is 5. The number of amides is 2. The second-order valence-corrected chi connectivity index (χ2v) is 8.91. The number of carbonyl (C=O) groups excluding carboxylic acids is 2. The van der Waals surface area contributed by atoms with E-state index < -0.39 is 4.92 Å². The van der Waals surface area contributed by atoms with Crippen molar-refractivity contribution in [3.8, 4) is 0 Å². The van der Waals surface area contributed by atoms with E-state index in [2.05, 4.69) is 0 Å². The number of rotatable bonds is 5. The number of nitro benzene ring substituents is 1. The highest BCUT2D eigenvalue weighted by atomic mass is 32.2. The van der Waals surface area contributed by atoms with Crippen LogP contribution in [0.15, 0.2) is 29.2 Å². The van der Waals surface area contributed by atoms with E-state index in [1.165, 1.54) is 30.3 Å². The van der Waals surface area contributed by atoms with E-state index >= 15 is 0 Å². The maximum absolute atomic E-state index is 12.8. The van der Waals surface area contributed by atoms with Crippen LogP contribution in [0.1, 0.15) is 39.0 Å². The van der Waals surface area contributed by atoms with Crippen molar-refractivity contribution in [1.29, 1.82) is 0 Å². The maximum Gasteiger partial charge on any atom is 0.269 e. The lowest BCUT2D eigenvalue weighted by Gasteiger charge is -2.36. The molecule has 1 aromatic rings. The monoisotopic (exact) mass is 405 g/mol. The summed E-state index contributed by atoms with van der Waals surface area (Å²) in [7, 11) is 0. The molecule has 0 radical (unpaired) electrons. The molecule has 2 saturated heterocycles. The third kappa shape index (κ3) is 5.04. The van der Waals surface area contributed by atoms with Crippen molar-refractivity contribution in [2.24, 2.45) is 5.92 Å². The Morgan fingerprint density at radius 3 is 2.21 bits per heavy atom. The number of carbonyl (C=O) groups is 2. The Morgan fingerprint density at radius 1 is 1.04 bits per heavy atom. The number of likely N-dealkylation sites (tertiary alicyclic amines) is 2. The first-order chi connectivity index (χ1) is 13.5. The number of non-ortho nitro benzene ring substituents is 1. The first kappa shape index (κ1) is 20.6. The smallest absolute Gasteiger partial charge is 0.269 e. The van der Waals surface area contributed by atoms with Crippen LogP contribution in [0, 0.1) is 16.0 Å². The van der Waals surface area contributed by atoms with E-state index in [9.17, 15) is 19.7 Å². The van der Waals surface area contributed by atoms with E-state index in [1.807, 2.05) is 16.7 Å². The fraction of sp³-hybridized carbons (Fsp3) is 0.600. The lowest BCUT2D eigenvalue weighted by Crippen LogP contribution is -2.47. The molecule has 2 aliphatic heterocycles. The maximum atomic E-state index is 12.8. The van der Waals surface area contributed by atoms with Gasteiger partial charge in [-0.1, -0.05) is 0 Å². The minimum absolute atomic E-state index is 0.0415. The summed E-state index contributed by atoms with van der Waals surface area (Å²) >= 11 is 1.41. The van der Waals surface area contributed by atoms with Crippen LogP contribution in [-0.4, -0.2) is 58.0 Å². The molecule has 2 aliphatic rings. The lowest BCUT2D eigenvalue weighted by molar-refractivity contribution is -0.384. The van der Waals surface area contributed by atoms with Gasteiger partial charge >= 0.3 is 0 Å². The van der Waals surface area contributed by atoms with Crippen molar-refractivity contribution < 1.29 is 14.5 Å². The molecule has 0 spiro atoms. The molecule has 8 heteroatoms. The summed E-state index contributed by atoms with van der Waals surface area (Å²) in [6, 6.07) is 6.26. The number of hydrogen-bond donors (Lipinski definition) is 0. The Bertz CT molecular complexity index is 711. The largest absolute Gasteiger partial charge is 0.342 e. The summed E-state index contributed by atoms with van der Waals surface area (Å²) in [4.78, 5) is 40.4. The topological polar surface area (TPSA) is 83.8 Å². The molecule has 0 N–H and O–H groups in total. The molecule has 0 aromatic heterocycles. The summed E-state index contributed by atoms with van der Waals surface area (Å²) < 4.78 is 0. The molecule has 28 heavy (non-hydrogen) atoms. The number of nitro groups is 1. The minimum atomic E-state index is -0.432. The Labute approximate surface area is 169 Å². The normalized spacial score (nSPS) is 19.3. The molecule has 0 saturated carbocycles. The third-order valence-electron chi connectivity index (χ3n) is 5.53. The number of benzene rings is 1. The van der Waals surface area contributed by atoms with Gasteiger partial charge in [0.1, 0.15) is 0 Å². The van der Waals surface area contributed by atoms with Crippen LogP contribution >= 0.6 is 11.8 Å². The fourth-order valence-corrected chi connectivity index (χ4v) is 4.83. The van der Waals surface area contributed by atoms with Gasteiger partial charge in [0.2, 0.25) is 11.8 Å². The Kier molecular flexibility index (Phi) is 6.93. The number of nitrogens with zero attached hydrogens (tertiary/aromatic N) is 3. The third-order valence-corrected chi connectivity index (χ3v) is 6.63. The highest BCUT2D eigenvalue weighted by Gasteiger charge is 2.32. The minimum Gasteiger partial charge on any atom is -0.342 e. The van der Waals surface area contributed by atoms with Crippen LogP contribution in [0.4, 0.5) is 5.69 Å². The first-order valence-corrected chi connectivity index (χ1v) is 10.8.